The van der Waals surface area contributed by atoms with Gasteiger partial charge in [0, 0.05) is 0 Å². The van der Waals surface area contributed by atoms with Gasteiger partial charge >= 0.3 is 13.2 Å². The third-order valence-corrected chi connectivity index (χ3v) is 2.93. The number of halogens is 3. The van der Waals surface area contributed by atoms with E-state index in [1.54, 1.807) is 0 Å². The van der Waals surface area contributed by atoms with E-state index in [1.807, 2.05) is 0 Å². The molecular weight excluding hydrogens is 212 g/mol. The average molecular weight is 214 g/mol. The van der Waals surface area contributed by atoms with E-state index in [0.717, 1.165) is 0 Å². The minimum Gasteiger partial charge on any atom is -0.197 e. The van der Waals surface area contributed by atoms with Gasteiger partial charge in [-0.25, -0.2) is 0 Å². The summed E-state index contributed by atoms with van der Waals surface area (Å²) < 4.78 is 21.4. The van der Waals surface area contributed by atoms with Crippen molar-refractivity contribution in [3.63, 3.8) is 0 Å². The summed E-state index contributed by atoms with van der Waals surface area (Å²) in [6, 6.07) is 0. The van der Waals surface area contributed by atoms with Crippen molar-refractivity contribution in [3.8, 4) is 0 Å². The highest BCUT2D eigenvalue weighted by Gasteiger charge is 2.38. The van der Waals surface area contributed by atoms with Crippen molar-refractivity contribution in [2.75, 3.05) is 0 Å². The molecule has 0 amide bonds. The number of alkyl halides is 3. The van der Waals surface area contributed by atoms with Crippen molar-refractivity contribution in [1.29, 1.82) is 0 Å². The van der Waals surface area contributed by atoms with Gasteiger partial charge in [-0.2, -0.15) is 18.6 Å². The molecule has 2 N–H and O–H groups in total. The van der Waals surface area contributed by atoms with Crippen LogP contribution in [0.15, 0.2) is 0 Å². The van der Waals surface area contributed by atoms with Crippen LogP contribution in [0.25, 0.3) is 0 Å². The van der Waals surface area contributed by atoms with Crippen LogP contribution in [-0.2, 0) is 14.4 Å². The van der Waals surface area contributed by atoms with Gasteiger partial charge in [0.15, 0.2) is 0 Å². The molecule has 56 valence electrons. The highest BCUT2D eigenvalue weighted by Crippen LogP contribution is 2.32. The van der Waals surface area contributed by atoms with E-state index >= 15 is 0 Å². The number of hydrogen-bond donors (Lipinski definition) is 1. The molecule has 0 aromatic carbocycles. The van der Waals surface area contributed by atoms with E-state index < -0.39 is 13.2 Å². The van der Waals surface area contributed by atoms with Crippen molar-refractivity contribution in [3.05, 3.63) is 0 Å². The van der Waals surface area contributed by atoms with Crippen molar-refractivity contribution in [2.24, 2.45) is 5.90 Å². The Bertz CT molecular complexity index is 180. The fraction of sp³-hybridized carbons (Fsp3) is 1.00. The zero-order valence-corrected chi connectivity index (χ0v) is 6.93. The Kier molecular flexibility index (Phi) is 3.00. The second-order valence-electron chi connectivity index (χ2n) is 0.996. The summed E-state index contributed by atoms with van der Waals surface area (Å²) in [5.41, 5.74) is 0. The SMILES string of the molecule is NOS(=O)(=O)C(Cl)(Cl)Cl. The topological polar surface area (TPSA) is 69.4 Å². The molecule has 8 heteroatoms. The standard InChI is InChI=1S/CH2Cl3NO3S/c2-1(3,4)9(6,7)8-5/h5H2. The predicted molar refractivity (Wildman–Crippen MR) is 34.5 cm³/mol. The summed E-state index contributed by atoms with van der Waals surface area (Å²) in [6.07, 6.45) is 0. The first-order valence-electron chi connectivity index (χ1n) is 1.51. The molecule has 4 nitrogen and oxygen atoms in total. The smallest absolute Gasteiger partial charge is 0.197 e. The first-order valence-corrected chi connectivity index (χ1v) is 4.05. The molecule has 0 aliphatic rings. The Labute approximate surface area is 66.9 Å². The quantitative estimate of drug-likeness (QED) is 0.511. The third kappa shape index (κ3) is 2.45. The third-order valence-electron chi connectivity index (χ3n) is 0.410. The maximum absolute atomic E-state index is 10.3. The number of hydrogen-bond acceptors (Lipinski definition) is 4. The van der Waals surface area contributed by atoms with Gasteiger partial charge in [-0.1, -0.05) is 34.8 Å². The Morgan fingerprint density at radius 2 is 1.67 bits per heavy atom. The van der Waals surface area contributed by atoms with Crippen LogP contribution in [0.5, 0.6) is 0 Å². The normalized spacial score (nSPS) is 13.8. The molecule has 0 aliphatic carbocycles. The van der Waals surface area contributed by atoms with Gasteiger partial charge in [-0.05, 0) is 0 Å². The molecule has 0 aromatic heterocycles. The lowest BCUT2D eigenvalue weighted by molar-refractivity contribution is 0.333. The Morgan fingerprint density at radius 1 is 1.33 bits per heavy atom. The minimum absolute atomic E-state index is 2.51. The molecule has 0 aliphatic heterocycles. The lowest BCUT2D eigenvalue weighted by atomic mass is 11.8. The van der Waals surface area contributed by atoms with Gasteiger partial charge in [0.05, 0.1) is 0 Å². The van der Waals surface area contributed by atoms with Crippen LogP contribution in [0.4, 0.5) is 0 Å². The number of rotatable bonds is 1. The van der Waals surface area contributed by atoms with Crippen molar-refractivity contribution in [2.45, 2.75) is 3.12 Å². The van der Waals surface area contributed by atoms with Crippen molar-refractivity contribution >= 4 is 44.9 Å². The van der Waals surface area contributed by atoms with Gasteiger partial charge in [0.1, 0.15) is 0 Å². The van der Waals surface area contributed by atoms with Gasteiger partial charge in [0.2, 0.25) is 0 Å². The van der Waals surface area contributed by atoms with Gasteiger partial charge in [-0.3, -0.25) is 0 Å². The molecule has 0 heterocycles. The Balaban J connectivity index is 4.57. The van der Waals surface area contributed by atoms with Crippen LogP contribution in [0.1, 0.15) is 0 Å². The number of nitrogens with two attached hydrogens (primary N) is 1. The molecule has 0 bridgehead atoms. The molecule has 0 fully saturated rings. The molecule has 0 radical (unpaired) electrons. The Hall–Kier alpha value is 0.740. The minimum atomic E-state index is -4.26. The zero-order valence-electron chi connectivity index (χ0n) is 3.84. The van der Waals surface area contributed by atoms with E-state index in [1.165, 1.54) is 0 Å². The van der Waals surface area contributed by atoms with E-state index in [-0.39, 0.29) is 0 Å². The maximum atomic E-state index is 10.3. The zero-order chi connectivity index (χ0) is 7.71. The molecule has 0 saturated heterocycles. The van der Waals surface area contributed by atoms with E-state index in [4.69, 9.17) is 34.8 Å². The monoisotopic (exact) mass is 213 g/mol. The van der Waals surface area contributed by atoms with Gasteiger partial charge in [-0.15, -0.1) is 0 Å². The van der Waals surface area contributed by atoms with Gasteiger partial charge in [0.25, 0.3) is 0 Å². The lowest BCUT2D eigenvalue weighted by Crippen LogP contribution is -2.24. The second-order valence-corrected chi connectivity index (χ2v) is 5.66. The van der Waals surface area contributed by atoms with Crippen LogP contribution in [0.2, 0.25) is 0 Å². The summed E-state index contributed by atoms with van der Waals surface area (Å²) in [6.45, 7) is 0. The molecule has 0 aromatic rings. The fourth-order valence-electron chi connectivity index (χ4n) is 0.0546. The van der Waals surface area contributed by atoms with Crippen LogP contribution in [0, 0.1) is 0 Å². The summed E-state index contributed by atoms with van der Waals surface area (Å²) in [7, 11) is -4.26. The molecular formula is CH2Cl3NO3S. The van der Waals surface area contributed by atoms with E-state index in [0.29, 0.717) is 0 Å². The van der Waals surface area contributed by atoms with Crippen LogP contribution in [-0.4, -0.2) is 11.5 Å². The van der Waals surface area contributed by atoms with Crippen LogP contribution in [0.3, 0.4) is 0 Å². The maximum Gasteiger partial charge on any atom is 0.332 e. The molecule has 9 heavy (non-hydrogen) atoms. The molecule has 0 atom stereocenters. The van der Waals surface area contributed by atoms with E-state index in [2.05, 4.69) is 10.2 Å². The first kappa shape index (κ1) is 9.74. The predicted octanol–water partition coefficient (Wildman–Crippen LogP) is 0.534. The highest BCUT2D eigenvalue weighted by atomic mass is 35.6. The summed E-state index contributed by atoms with van der Waals surface area (Å²) in [4.78, 5) is 0. The molecule has 0 spiro atoms. The largest absolute Gasteiger partial charge is 0.332 e. The van der Waals surface area contributed by atoms with Gasteiger partial charge < -0.3 is 0 Å². The summed E-state index contributed by atoms with van der Waals surface area (Å²) >= 11 is 14.6. The van der Waals surface area contributed by atoms with E-state index in [9.17, 15) is 8.42 Å². The Morgan fingerprint density at radius 3 is 1.67 bits per heavy atom. The molecule has 0 rings (SSSR count). The van der Waals surface area contributed by atoms with Crippen LogP contribution >= 0.6 is 34.8 Å². The molecule has 0 unspecified atom stereocenters. The summed E-state index contributed by atoms with van der Waals surface area (Å²) in [5.74, 6) is 4.25. The fourth-order valence-corrected chi connectivity index (χ4v) is 0.491. The first-order chi connectivity index (χ1) is 3.81. The average Bonchev–Trinajstić information content (AvgIpc) is 1.64. The van der Waals surface area contributed by atoms with Crippen molar-refractivity contribution < 1.29 is 12.7 Å². The van der Waals surface area contributed by atoms with Crippen LogP contribution < -0.4 is 5.90 Å². The van der Waals surface area contributed by atoms with Crippen molar-refractivity contribution in [1.82, 2.24) is 0 Å². The highest BCUT2D eigenvalue weighted by molar-refractivity contribution is 7.92. The summed E-state index contributed by atoms with van der Waals surface area (Å²) in [5, 5.41) is 0. The second kappa shape index (κ2) is 2.77. The molecule has 0 saturated carbocycles. The lowest BCUT2D eigenvalue weighted by Gasteiger charge is -2.07.